The Morgan fingerprint density at radius 1 is 1.09 bits per heavy atom. The second-order valence-electron chi connectivity index (χ2n) is 8.89. The number of aliphatic hydroxyl groups excluding tert-OH is 1. The third kappa shape index (κ3) is 5.02. The van der Waals surface area contributed by atoms with E-state index in [-0.39, 0.29) is 11.9 Å². The van der Waals surface area contributed by atoms with Gasteiger partial charge in [0.05, 0.1) is 24.4 Å². The lowest BCUT2D eigenvalue weighted by molar-refractivity contribution is -0.141. The highest BCUT2D eigenvalue weighted by Crippen LogP contribution is 2.30. The number of hydrogen-bond donors (Lipinski definition) is 2. The molecule has 1 unspecified atom stereocenters. The third-order valence-corrected chi connectivity index (χ3v) is 6.47. The van der Waals surface area contributed by atoms with Crippen LogP contribution in [-0.4, -0.2) is 99.3 Å². The maximum absolute atomic E-state index is 12.1. The number of aliphatic hydroxyl groups is 1. The first-order valence-corrected chi connectivity index (χ1v) is 11.9. The molecule has 2 aliphatic rings. The van der Waals surface area contributed by atoms with Crippen LogP contribution in [0.25, 0.3) is 22.2 Å². The number of para-hydroxylation sites is 1. The number of anilines is 2. The molecule has 2 aliphatic heterocycles. The number of fused-ring (bicyclic) bond motifs is 1. The SMILES string of the molecule is CC(O)C(=O)N1CCN(Cc2cccc3c(-c4cnc(N)nc4)nc(N4CCOCC4)nc23)CC1. The van der Waals surface area contributed by atoms with Gasteiger partial charge in [-0.1, -0.05) is 18.2 Å². The minimum Gasteiger partial charge on any atom is -0.384 e. The number of nitrogen functional groups attached to an aromatic ring is 1. The molecule has 3 aromatic rings. The van der Waals surface area contributed by atoms with E-state index < -0.39 is 6.10 Å². The summed E-state index contributed by atoms with van der Waals surface area (Å²) < 4.78 is 5.52. The quantitative estimate of drug-likeness (QED) is 0.535. The summed E-state index contributed by atoms with van der Waals surface area (Å²) in [5.74, 6) is 0.662. The molecule has 0 saturated carbocycles. The molecule has 2 saturated heterocycles. The van der Waals surface area contributed by atoms with Crippen LogP contribution in [0.5, 0.6) is 0 Å². The molecule has 3 N–H and O–H groups in total. The lowest BCUT2D eigenvalue weighted by Gasteiger charge is -2.35. The summed E-state index contributed by atoms with van der Waals surface area (Å²) in [5.41, 5.74) is 9.24. The van der Waals surface area contributed by atoms with Crippen LogP contribution in [0.1, 0.15) is 12.5 Å². The van der Waals surface area contributed by atoms with E-state index in [1.54, 1.807) is 17.3 Å². The van der Waals surface area contributed by atoms with Crippen LogP contribution in [0.4, 0.5) is 11.9 Å². The van der Waals surface area contributed by atoms with Crippen LogP contribution in [0.3, 0.4) is 0 Å². The Morgan fingerprint density at radius 2 is 1.80 bits per heavy atom. The Kier molecular flexibility index (Phi) is 6.71. The molecule has 11 heteroatoms. The van der Waals surface area contributed by atoms with E-state index in [4.69, 9.17) is 20.4 Å². The number of benzene rings is 1. The van der Waals surface area contributed by atoms with Crippen molar-refractivity contribution in [1.82, 2.24) is 29.7 Å². The van der Waals surface area contributed by atoms with Gasteiger partial charge in [-0.05, 0) is 12.5 Å². The van der Waals surface area contributed by atoms with Crippen molar-refractivity contribution in [3.63, 3.8) is 0 Å². The van der Waals surface area contributed by atoms with Crippen molar-refractivity contribution in [2.24, 2.45) is 0 Å². The number of morpholine rings is 1. The van der Waals surface area contributed by atoms with Crippen LogP contribution in [0.15, 0.2) is 30.6 Å². The number of aromatic nitrogens is 4. The summed E-state index contributed by atoms with van der Waals surface area (Å²) in [4.78, 5) is 36.6. The fourth-order valence-electron chi connectivity index (χ4n) is 4.54. The molecule has 0 bridgehead atoms. The zero-order valence-electron chi connectivity index (χ0n) is 19.8. The van der Waals surface area contributed by atoms with Gasteiger partial charge >= 0.3 is 0 Å². The third-order valence-electron chi connectivity index (χ3n) is 6.47. The van der Waals surface area contributed by atoms with Crippen molar-refractivity contribution in [2.45, 2.75) is 19.6 Å². The second-order valence-corrected chi connectivity index (χ2v) is 8.89. The Morgan fingerprint density at radius 3 is 2.49 bits per heavy atom. The maximum Gasteiger partial charge on any atom is 0.251 e. The molecular formula is C24H30N8O3. The maximum atomic E-state index is 12.1. The van der Waals surface area contributed by atoms with Gasteiger partial charge in [0.25, 0.3) is 5.91 Å². The first-order valence-electron chi connectivity index (χ1n) is 11.9. The number of nitrogens with two attached hydrogens (primary N) is 1. The largest absolute Gasteiger partial charge is 0.384 e. The molecule has 11 nitrogen and oxygen atoms in total. The van der Waals surface area contributed by atoms with Crippen molar-refractivity contribution in [3.8, 4) is 11.3 Å². The van der Waals surface area contributed by atoms with Crippen molar-refractivity contribution >= 4 is 28.7 Å². The number of rotatable bonds is 5. The van der Waals surface area contributed by atoms with E-state index in [0.717, 1.165) is 53.9 Å². The Hall–Kier alpha value is -3.41. The van der Waals surface area contributed by atoms with Gasteiger partial charge in [0.2, 0.25) is 11.9 Å². The van der Waals surface area contributed by atoms with Gasteiger partial charge in [0.1, 0.15) is 6.10 Å². The molecular weight excluding hydrogens is 448 g/mol. The van der Waals surface area contributed by atoms with Gasteiger partial charge in [0, 0.05) is 69.2 Å². The lowest BCUT2D eigenvalue weighted by atomic mass is 10.0. The zero-order chi connectivity index (χ0) is 24.4. The molecule has 5 rings (SSSR count). The lowest BCUT2D eigenvalue weighted by Crippen LogP contribution is -2.50. The average Bonchev–Trinajstić information content (AvgIpc) is 2.89. The molecule has 184 valence electrons. The highest BCUT2D eigenvalue weighted by Gasteiger charge is 2.25. The molecule has 0 radical (unpaired) electrons. The topological polar surface area (TPSA) is 134 Å². The van der Waals surface area contributed by atoms with Crippen LogP contribution < -0.4 is 10.6 Å². The molecule has 0 aliphatic carbocycles. The molecule has 2 aromatic heterocycles. The number of nitrogens with zero attached hydrogens (tertiary/aromatic N) is 7. The Labute approximate surface area is 203 Å². The van der Waals surface area contributed by atoms with Crippen LogP contribution in [0.2, 0.25) is 0 Å². The monoisotopic (exact) mass is 478 g/mol. The van der Waals surface area contributed by atoms with E-state index in [2.05, 4.69) is 25.8 Å². The summed E-state index contributed by atoms with van der Waals surface area (Å²) >= 11 is 0. The van der Waals surface area contributed by atoms with Gasteiger partial charge in [-0.15, -0.1) is 0 Å². The molecule has 1 aromatic carbocycles. The first kappa shape index (κ1) is 23.3. The minimum absolute atomic E-state index is 0.215. The van der Waals surface area contributed by atoms with Crippen LogP contribution in [0, 0.1) is 0 Å². The van der Waals surface area contributed by atoms with E-state index in [1.807, 2.05) is 12.1 Å². The van der Waals surface area contributed by atoms with Gasteiger partial charge < -0.3 is 25.4 Å². The van der Waals surface area contributed by atoms with Gasteiger partial charge in [-0.25, -0.2) is 19.9 Å². The number of amides is 1. The van der Waals surface area contributed by atoms with Crippen molar-refractivity contribution in [2.75, 3.05) is 63.1 Å². The van der Waals surface area contributed by atoms with Crippen molar-refractivity contribution in [1.29, 1.82) is 0 Å². The minimum atomic E-state index is -0.967. The predicted molar refractivity (Wildman–Crippen MR) is 132 cm³/mol. The van der Waals surface area contributed by atoms with Gasteiger partial charge in [-0.2, -0.15) is 0 Å². The summed E-state index contributed by atoms with van der Waals surface area (Å²) in [6.45, 7) is 7.59. The predicted octanol–water partition coefficient (Wildman–Crippen LogP) is 0.531. The average molecular weight is 479 g/mol. The van der Waals surface area contributed by atoms with E-state index in [1.165, 1.54) is 6.92 Å². The van der Waals surface area contributed by atoms with Gasteiger partial charge in [0.15, 0.2) is 0 Å². The second kappa shape index (κ2) is 10.1. The van der Waals surface area contributed by atoms with Crippen molar-refractivity contribution < 1.29 is 14.6 Å². The van der Waals surface area contributed by atoms with E-state index in [9.17, 15) is 9.90 Å². The summed E-state index contributed by atoms with van der Waals surface area (Å²) in [7, 11) is 0. The standard InChI is InChI=1S/C24H30N8O3/c1-16(33)22(34)31-7-5-30(6-8-31)15-17-3-2-4-19-20(17)28-24(32-9-11-35-12-10-32)29-21(19)18-13-26-23(25)27-14-18/h2-4,13-14,16,33H,5-12,15H2,1H3,(H2,25,26,27). The molecule has 2 fully saturated rings. The van der Waals surface area contributed by atoms with Crippen LogP contribution >= 0.6 is 0 Å². The number of ether oxygens (including phenoxy) is 1. The van der Waals surface area contributed by atoms with E-state index in [0.29, 0.717) is 38.8 Å². The van der Waals surface area contributed by atoms with Crippen molar-refractivity contribution in [3.05, 3.63) is 36.2 Å². The highest BCUT2D eigenvalue weighted by molar-refractivity contribution is 5.94. The van der Waals surface area contributed by atoms with Gasteiger partial charge in [-0.3, -0.25) is 9.69 Å². The molecule has 0 spiro atoms. The smallest absolute Gasteiger partial charge is 0.251 e. The Balaban J connectivity index is 1.48. The highest BCUT2D eigenvalue weighted by atomic mass is 16.5. The zero-order valence-corrected chi connectivity index (χ0v) is 19.8. The molecule has 1 amide bonds. The summed E-state index contributed by atoms with van der Waals surface area (Å²) in [6.07, 6.45) is 2.42. The summed E-state index contributed by atoms with van der Waals surface area (Å²) in [5, 5.41) is 10.5. The fourth-order valence-corrected chi connectivity index (χ4v) is 4.54. The van der Waals surface area contributed by atoms with E-state index >= 15 is 0 Å². The fraction of sp³-hybridized carbons (Fsp3) is 0.458. The normalized spacial score (nSPS) is 18.1. The first-order chi connectivity index (χ1) is 17.0. The molecule has 4 heterocycles. The number of carbonyl (C=O) groups excluding carboxylic acids is 1. The molecule has 1 atom stereocenters. The number of carbonyl (C=O) groups is 1. The molecule has 35 heavy (non-hydrogen) atoms. The number of hydrogen-bond acceptors (Lipinski definition) is 10. The van der Waals surface area contributed by atoms with Crippen LogP contribution in [-0.2, 0) is 16.1 Å². The summed E-state index contributed by atoms with van der Waals surface area (Å²) in [6, 6.07) is 6.13. The Bertz CT molecular complexity index is 1190. The number of piperazine rings is 1.